The Kier molecular flexibility index (Phi) is 7.55. The van der Waals surface area contributed by atoms with Crippen LogP contribution in [0.1, 0.15) is 67.8 Å². The Balaban J connectivity index is 1.78. The molecule has 1 heterocycles. The molecule has 0 atom stereocenters. The summed E-state index contributed by atoms with van der Waals surface area (Å²) >= 11 is 1.70. The predicted octanol–water partition coefficient (Wildman–Crippen LogP) is 5.70. The molecular weight excluding hydrogens is 404 g/mol. The molecule has 2 aromatic carbocycles. The first-order valence-electron chi connectivity index (χ1n) is 10.8. The van der Waals surface area contributed by atoms with E-state index in [0.29, 0.717) is 12.1 Å². The van der Waals surface area contributed by atoms with E-state index in [1.54, 1.807) is 11.8 Å². The zero-order valence-electron chi connectivity index (χ0n) is 19.1. The Morgan fingerprint density at radius 1 is 1.10 bits per heavy atom. The molecule has 0 aliphatic heterocycles. The van der Waals surface area contributed by atoms with Crippen molar-refractivity contribution in [1.82, 2.24) is 20.1 Å². The zero-order chi connectivity index (χ0) is 22.4. The van der Waals surface area contributed by atoms with Crippen molar-refractivity contribution < 1.29 is 4.79 Å². The SMILES string of the molecule is CCCCSc1nnc(CNC(=O)c2ccc(C(C)(C)C)cc2)n1-c1cccc(C)c1. The number of hydrogen-bond donors (Lipinski definition) is 1. The Morgan fingerprint density at radius 2 is 1.84 bits per heavy atom. The van der Waals surface area contributed by atoms with Crippen molar-refractivity contribution in [2.45, 2.75) is 64.6 Å². The molecule has 0 unspecified atom stereocenters. The standard InChI is InChI=1S/C25H32N4OS/c1-6-7-15-31-24-28-27-22(29(24)21-10-8-9-18(2)16-21)17-26-23(30)19-11-13-20(14-12-19)25(3,4)5/h8-14,16H,6-7,15,17H2,1-5H3,(H,26,30). The maximum atomic E-state index is 12.7. The summed E-state index contributed by atoms with van der Waals surface area (Å²) in [5.74, 6) is 1.61. The zero-order valence-corrected chi connectivity index (χ0v) is 19.9. The molecule has 0 radical (unpaired) electrons. The van der Waals surface area contributed by atoms with Crippen LogP contribution in [0.15, 0.2) is 53.7 Å². The van der Waals surface area contributed by atoms with E-state index in [2.05, 4.69) is 72.9 Å². The summed E-state index contributed by atoms with van der Waals surface area (Å²) in [5.41, 5.74) is 4.10. The highest BCUT2D eigenvalue weighted by molar-refractivity contribution is 7.99. The fourth-order valence-corrected chi connectivity index (χ4v) is 4.28. The number of benzene rings is 2. The molecule has 6 heteroatoms. The monoisotopic (exact) mass is 436 g/mol. The van der Waals surface area contributed by atoms with Gasteiger partial charge >= 0.3 is 0 Å². The summed E-state index contributed by atoms with van der Waals surface area (Å²) in [6.45, 7) is 11.1. The normalized spacial score (nSPS) is 11.5. The lowest BCUT2D eigenvalue weighted by Crippen LogP contribution is -2.25. The van der Waals surface area contributed by atoms with Crippen LogP contribution in [-0.2, 0) is 12.0 Å². The molecule has 1 aromatic heterocycles. The first-order valence-corrected chi connectivity index (χ1v) is 11.8. The van der Waals surface area contributed by atoms with Gasteiger partial charge in [-0.15, -0.1) is 10.2 Å². The Bertz CT molecular complexity index is 1020. The number of nitrogens with zero attached hydrogens (tertiary/aromatic N) is 3. The minimum atomic E-state index is -0.112. The van der Waals surface area contributed by atoms with Crippen LogP contribution < -0.4 is 5.32 Å². The van der Waals surface area contributed by atoms with Gasteiger partial charge in [0.1, 0.15) is 0 Å². The van der Waals surface area contributed by atoms with Crippen LogP contribution in [0.2, 0.25) is 0 Å². The summed E-state index contributed by atoms with van der Waals surface area (Å²) in [4.78, 5) is 12.7. The molecule has 0 fully saturated rings. The third-order valence-electron chi connectivity index (χ3n) is 5.11. The third-order valence-corrected chi connectivity index (χ3v) is 6.12. The summed E-state index contributed by atoms with van der Waals surface area (Å²) in [7, 11) is 0. The van der Waals surface area contributed by atoms with Crippen LogP contribution in [0.4, 0.5) is 0 Å². The van der Waals surface area contributed by atoms with E-state index in [9.17, 15) is 4.79 Å². The average molecular weight is 437 g/mol. The van der Waals surface area contributed by atoms with E-state index < -0.39 is 0 Å². The molecule has 5 nitrogen and oxygen atoms in total. The van der Waals surface area contributed by atoms with Gasteiger partial charge in [0.25, 0.3) is 5.91 Å². The number of aryl methyl sites for hydroxylation is 1. The van der Waals surface area contributed by atoms with Gasteiger partial charge in [-0.1, -0.05) is 70.1 Å². The minimum Gasteiger partial charge on any atom is -0.345 e. The molecule has 0 aliphatic rings. The van der Waals surface area contributed by atoms with E-state index in [1.165, 1.54) is 11.1 Å². The van der Waals surface area contributed by atoms with Gasteiger partial charge in [0.05, 0.1) is 6.54 Å². The summed E-state index contributed by atoms with van der Waals surface area (Å²) in [6.07, 6.45) is 2.27. The maximum Gasteiger partial charge on any atom is 0.251 e. The van der Waals surface area contributed by atoms with E-state index in [4.69, 9.17) is 0 Å². The van der Waals surface area contributed by atoms with Crippen molar-refractivity contribution in [3.63, 3.8) is 0 Å². The average Bonchev–Trinajstić information content (AvgIpc) is 3.14. The molecule has 31 heavy (non-hydrogen) atoms. The van der Waals surface area contributed by atoms with Crippen molar-refractivity contribution in [3.05, 3.63) is 71.0 Å². The number of rotatable bonds is 8. The number of thioether (sulfide) groups is 1. The second kappa shape index (κ2) is 10.1. The van der Waals surface area contributed by atoms with Crippen molar-refractivity contribution in [3.8, 4) is 5.69 Å². The Labute approximate surface area is 189 Å². The second-order valence-corrected chi connectivity index (χ2v) is 9.85. The van der Waals surface area contributed by atoms with Crippen LogP contribution in [-0.4, -0.2) is 26.4 Å². The highest BCUT2D eigenvalue weighted by Crippen LogP contribution is 2.24. The second-order valence-electron chi connectivity index (χ2n) is 8.79. The van der Waals surface area contributed by atoms with Crippen LogP contribution >= 0.6 is 11.8 Å². The molecule has 0 saturated carbocycles. The van der Waals surface area contributed by atoms with Gasteiger partial charge in [0.15, 0.2) is 11.0 Å². The van der Waals surface area contributed by atoms with Gasteiger partial charge in [-0.05, 0) is 54.2 Å². The highest BCUT2D eigenvalue weighted by atomic mass is 32.2. The van der Waals surface area contributed by atoms with Gasteiger partial charge in [-0.25, -0.2) is 0 Å². The first kappa shape index (κ1) is 23.1. The fraction of sp³-hybridized carbons (Fsp3) is 0.400. The molecule has 1 N–H and O–H groups in total. The molecule has 0 bridgehead atoms. The first-order chi connectivity index (χ1) is 14.8. The number of carbonyl (C=O) groups is 1. The number of amides is 1. The number of unbranched alkanes of at least 4 members (excludes halogenated alkanes) is 1. The molecule has 1 amide bonds. The van der Waals surface area contributed by atoms with Crippen LogP contribution in [0.5, 0.6) is 0 Å². The molecule has 3 rings (SSSR count). The lowest BCUT2D eigenvalue weighted by atomic mass is 9.87. The molecule has 0 saturated heterocycles. The van der Waals surface area contributed by atoms with E-state index in [1.807, 2.05) is 30.3 Å². The molecule has 0 spiro atoms. The van der Waals surface area contributed by atoms with Gasteiger partial charge in [-0.2, -0.15) is 0 Å². The van der Waals surface area contributed by atoms with Crippen molar-refractivity contribution >= 4 is 17.7 Å². The molecule has 0 aliphatic carbocycles. The molecule has 164 valence electrons. The Morgan fingerprint density at radius 3 is 2.48 bits per heavy atom. The Hall–Kier alpha value is -2.60. The molecular formula is C25H32N4OS. The van der Waals surface area contributed by atoms with Gasteiger partial charge in [0, 0.05) is 17.0 Å². The smallest absolute Gasteiger partial charge is 0.251 e. The third kappa shape index (κ3) is 5.97. The van der Waals surface area contributed by atoms with Crippen LogP contribution in [0, 0.1) is 6.92 Å². The summed E-state index contributed by atoms with van der Waals surface area (Å²) < 4.78 is 2.05. The summed E-state index contributed by atoms with van der Waals surface area (Å²) in [5, 5.41) is 12.7. The van der Waals surface area contributed by atoms with Crippen LogP contribution in [0.3, 0.4) is 0 Å². The number of nitrogens with one attached hydrogen (secondary N) is 1. The van der Waals surface area contributed by atoms with Crippen molar-refractivity contribution in [1.29, 1.82) is 0 Å². The van der Waals surface area contributed by atoms with E-state index in [-0.39, 0.29) is 11.3 Å². The topological polar surface area (TPSA) is 59.8 Å². The van der Waals surface area contributed by atoms with Gasteiger partial charge < -0.3 is 5.32 Å². The van der Waals surface area contributed by atoms with E-state index in [0.717, 1.165) is 35.3 Å². The lowest BCUT2D eigenvalue weighted by molar-refractivity contribution is 0.0949. The predicted molar refractivity (Wildman–Crippen MR) is 128 cm³/mol. The number of aromatic nitrogens is 3. The largest absolute Gasteiger partial charge is 0.345 e. The summed E-state index contributed by atoms with van der Waals surface area (Å²) in [6, 6.07) is 16.1. The fourth-order valence-electron chi connectivity index (χ4n) is 3.23. The van der Waals surface area contributed by atoms with Crippen molar-refractivity contribution in [2.24, 2.45) is 0 Å². The molecule has 3 aromatic rings. The van der Waals surface area contributed by atoms with E-state index >= 15 is 0 Å². The minimum absolute atomic E-state index is 0.0606. The highest BCUT2D eigenvalue weighted by Gasteiger charge is 2.17. The van der Waals surface area contributed by atoms with Gasteiger partial charge in [-0.3, -0.25) is 9.36 Å². The van der Waals surface area contributed by atoms with Crippen molar-refractivity contribution in [2.75, 3.05) is 5.75 Å². The maximum absolute atomic E-state index is 12.7. The number of carbonyl (C=O) groups excluding carboxylic acids is 1. The van der Waals surface area contributed by atoms with Gasteiger partial charge in [0.2, 0.25) is 0 Å². The number of hydrogen-bond acceptors (Lipinski definition) is 4. The quantitative estimate of drug-likeness (QED) is 0.364. The lowest BCUT2D eigenvalue weighted by Gasteiger charge is -2.19. The van der Waals surface area contributed by atoms with Crippen LogP contribution in [0.25, 0.3) is 5.69 Å².